The Morgan fingerprint density at radius 2 is 2.05 bits per heavy atom. The van der Waals surface area contributed by atoms with Crippen LogP contribution in [0.5, 0.6) is 5.75 Å². The van der Waals surface area contributed by atoms with E-state index in [1.54, 1.807) is 11.8 Å². The fraction of sp³-hybridized carbons (Fsp3) is 0.267. The van der Waals surface area contributed by atoms with Crippen LogP contribution in [0.1, 0.15) is 11.5 Å². The summed E-state index contributed by atoms with van der Waals surface area (Å²) in [6.45, 7) is 2.35. The fourth-order valence-corrected chi connectivity index (χ4v) is 2.63. The van der Waals surface area contributed by atoms with Crippen molar-refractivity contribution in [1.82, 2.24) is 19.7 Å². The molecule has 108 valence electrons. The summed E-state index contributed by atoms with van der Waals surface area (Å²) >= 11 is 1.56. The first-order valence-corrected chi connectivity index (χ1v) is 7.83. The Labute approximate surface area is 127 Å². The lowest BCUT2D eigenvalue weighted by Gasteiger charge is -2.09. The van der Waals surface area contributed by atoms with Crippen molar-refractivity contribution in [3.63, 3.8) is 0 Å². The highest BCUT2D eigenvalue weighted by Crippen LogP contribution is 2.24. The number of rotatable bonds is 4. The lowest BCUT2D eigenvalue weighted by molar-refractivity contribution is 0.293. The Bertz CT molecular complexity index is 784. The predicted octanol–water partition coefficient (Wildman–Crippen LogP) is 2.97. The Morgan fingerprint density at radius 3 is 2.81 bits per heavy atom. The van der Waals surface area contributed by atoms with E-state index in [2.05, 4.69) is 21.2 Å². The van der Waals surface area contributed by atoms with Gasteiger partial charge in [0.2, 0.25) is 0 Å². The molecule has 0 aliphatic carbocycles. The molecular weight excluding hydrogens is 284 g/mol. The van der Waals surface area contributed by atoms with E-state index in [0.29, 0.717) is 6.61 Å². The van der Waals surface area contributed by atoms with Crippen LogP contribution in [0, 0.1) is 6.92 Å². The molecule has 0 spiro atoms. The minimum atomic E-state index is 0.374. The average Bonchev–Trinajstić information content (AvgIpc) is 2.85. The lowest BCUT2D eigenvalue weighted by Crippen LogP contribution is -2.04. The van der Waals surface area contributed by atoms with Crippen LogP contribution in [-0.4, -0.2) is 26.0 Å². The van der Waals surface area contributed by atoms with Crippen molar-refractivity contribution in [1.29, 1.82) is 0 Å². The minimum absolute atomic E-state index is 0.374. The Balaban J connectivity index is 1.88. The number of benzene rings is 1. The first kappa shape index (κ1) is 13.9. The molecule has 21 heavy (non-hydrogen) atoms. The Hall–Kier alpha value is -2.08. The van der Waals surface area contributed by atoms with Crippen molar-refractivity contribution in [3.8, 4) is 5.75 Å². The zero-order valence-electron chi connectivity index (χ0n) is 12.2. The second-order valence-corrected chi connectivity index (χ2v) is 5.50. The average molecular weight is 300 g/mol. The summed E-state index contributed by atoms with van der Waals surface area (Å²) in [4.78, 5) is 4.56. The Kier molecular flexibility index (Phi) is 3.79. The number of aryl methyl sites for hydroxylation is 1. The topological polar surface area (TPSA) is 52.8 Å². The lowest BCUT2D eigenvalue weighted by atomic mass is 10.2. The third kappa shape index (κ3) is 2.71. The van der Waals surface area contributed by atoms with Crippen molar-refractivity contribution >= 4 is 22.7 Å². The molecule has 3 rings (SSSR count). The maximum atomic E-state index is 5.90. The van der Waals surface area contributed by atoms with Gasteiger partial charge in [0.05, 0.1) is 0 Å². The van der Waals surface area contributed by atoms with E-state index < -0.39 is 0 Å². The van der Waals surface area contributed by atoms with Gasteiger partial charge in [-0.3, -0.25) is 0 Å². The number of hydrogen-bond acceptors (Lipinski definition) is 5. The highest BCUT2D eigenvalue weighted by molar-refractivity contribution is 7.98. The molecule has 0 radical (unpaired) electrons. The molecular formula is C15H16N4OS. The van der Waals surface area contributed by atoms with Gasteiger partial charge < -0.3 is 9.30 Å². The number of para-hydroxylation sites is 1. The quantitative estimate of drug-likeness (QED) is 0.693. The van der Waals surface area contributed by atoms with E-state index in [1.165, 1.54) is 0 Å². The summed E-state index contributed by atoms with van der Waals surface area (Å²) in [5.41, 5.74) is 1.85. The molecule has 3 aromatic rings. The van der Waals surface area contributed by atoms with Crippen LogP contribution < -0.4 is 4.74 Å². The molecule has 0 atom stereocenters. The van der Waals surface area contributed by atoms with Gasteiger partial charge in [-0.2, -0.15) is 0 Å². The smallest absolute Gasteiger partial charge is 0.190 e. The Morgan fingerprint density at radius 1 is 1.19 bits per heavy atom. The van der Waals surface area contributed by atoms with Crippen LogP contribution in [-0.2, 0) is 13.7 Å². The van der Waals surface area contributed by atoms with Crippen LogP contribution >= 0.6 is 11.8 Å². The summed E-state index contributed by atoms with van der Waals surface area (Å²) in [5.74, 6) is 1.56. The van der Waals surface area contributed by atoms with Gasteiger partial charge in [0, 0.05) is 18.1 Å². The van der Waals surface area contributed by atoms with Crippen molar-refractivity contribution in [2.24, 2.45) is 7.05 Å². The molecule has 5 nitrogen and oxygen atoms in total. The molecule has 0 unspecified atom stereocenters. The monoisotopic (exact) mass is 300 g/mol. The first-order valence-electron chi connectivity index (χ1n) is 6.60. The molecule has 6 heteroatoms. The van der Waals surface area contributed by atoms with E-state index >= 15 is 0 Å². The standard InChI is InChI=1S/C15H16N4OS/c1-10-7-8-11-5-4-6-12(14(11)16-10)20-9-13-17-18-15(21-3)19(13)2/h4-8H,9H2,1-3H3. The molecule has 1 aromatic carbocycles. The molecule has 2 heterocycles. The number of fused-ring (bicyclic) bond motifs is 1. The van der Waals surface area contributed by atoms with Crippen LogP contribution in [0.3, 0.4) is 0 Å². The molecule has 0 aliphatic rings. The van der Waals surface area contributed by atoms with Gasteiger partial charge in [-0.05, 0) is 25.3 Å². The van der Waals surface area contributed by atoms with Gasteiger partial charge >= 0.3 is 0 Å². The fourth-order valence-electron chi connectivity index (χ4n) is 2.12. The maximum absolute atomic E-state index is 5.90. The highest BCUT2D eigenvalue weighted by atomic mass is 32.2. The van der Waals surface area contributed by atoms with Gasteiger partial charge in [0.15, 0.2) is 11.0 Å². The molecule has 0 N–H and O–H groups in total. The number of ether oxygens (including phenoxy) is 1. The third-order valence-corrected chi connectivity index (χ3v) is 4.01. The largest absolute Gasteiger partial charge is 0.483 e. The molecule has 0 fully saturated rings. The van der Waals surface area contributed by atoms with Crippen LogP contribution in [0.25, 0.3) is 10.9 Å². The molecule has 0 saturated carbocycles. The maximum Gasteiger partial charge on any atom is 0.190 e. The zero-order valence-corrected chi connectivity index (χ0v) is 13.0. The van der Waals surface area contributed by atoms with E-state index in [-0.39, 0.29) is 0 Å². The van der Waals surface area contributed by atoms with Crippen molar-refractivity contribution < 1.29 is 4.74 Å². The summed E-state index contributed by atoms with van der Waals surface area (Å²) in [5, 5.41) is 10.2. The second-order valence-electron chi connectivity index (χ2n) is 4.73. The zero-order chi connectivity index (χ0) is 14.8. The van der Waals surface area contributed by atoms with Gasteiger partial charge in [0.25, 0.3) is 0 Å². The number of thioether (sulfide) groups is 1. The minimum Gasteiger partial charge on any atom is -0.483 e. The van der Waals surface area contributed by atoms with E-state index in [9.17, 15) is 0 Å². The predicted molar refractivity (Wildman–Crippen MR) is 83.6 cm³/mol. The SMILES string of the molecule is CSc1nnc(COc2cccc3ccc(C)nc23)n1C. The summed E-state index contributed by atoms with van der Waals surface area (Å²) in [7, 11) is 1.94. The van der Waals surface area contributed by atoms with Crippen molar-refractivity contribution in [2.75, 3.05) is 6.26 Å². The van der Waals surface area contributed by atoms with Gasteiger partial charge in [0.1, 0.15) is 17.9 Å². The van der Waals surface area contributed by atoms with E-state index in [1.807, 2.05) is 49.1 Å². The van der Waals surface area contributed by atoms with Gasteiger partial charge in [-0.25, -0.2) is 4.98 Å². The normalized spacial score (nSPS) is 11.0. The second kappa shape index (κ2) is 5.73. The highest BCUT2D eigenvalue weighted by Gasteiger charge is 2.10. The summed E-state index contributed by atoms with van der Waals surface area (Å²) in [6.07, 6.45) is 1.98. The first-order chi connectivity index (χ1) is 10.2. The molecule has 2 aromatic heterocycles. The number of nitrogens with zero attached hydrogens (tertiary/aromatic N) is 4. The molecule has 0 bridgehead atoms. The number of aromatic nitrogens is 4. The number of pyridine rings is 1. The summed E-state index contributed by atoms with van der Waals surface area (Å²) in [6, 6.07) is 9.99. The number of hydrogen-bond donors (Lipinski definition) is 0. The van der Waals surface area contributed by atoms with Crippen molar-refractivity contribution in [3.05, 3.63) is 41.9 Å². The molecule has 0 amide bonds. The van der Waals surface area contributed by atoms with Gasteiger partial charge in [-0.15, -0.1) is 10.2 Å². The molecule has 0 saturated heterocycles. The van der Waals surface area contributed by atoms with Crippen LogP contribution in [0.2, 0.25) is 0 Å². The van der Waals surface area contributed by atoms with Crippen molar-refractivity contribution in [2.45, 2.75) is 18.7 Å². The summed E-state index contributed by atoms with van der Waals surface area (Å²) < 4.78 is 7.84. The van der Waals surface area contributed by atoms with E-state index in [0.717, 1.165) is 33.3 Å². The van der Waals surface area contributed by atoms with Crippen LogP contribution in [0.4, 0.5) is 0 Å². The molecule has 0 aliphatic heterocycles. The van der Waals surface area contributed by atoms with Crippen LogP contribution in [0.15, 0.2) is 35.5 Å². The van der Waals surface area contributed by atoms with Gasteiger partial charge in [-0.1, -0.05) is 30.0 Å². The van der Waals surface area contributed by atoms with E-state index in [4.69, 9.17) is 4.74 Å². The third-order valence-electron chi connectivity index (χ3n) is 3.29.